The topological polar surface area (TPSA) is 107 Å². The number of carbonyl (C=O) groups excluding carboxylic acids is 1. The molecule has 4 aromatic rings. The molecule has 9 nitrogen and oxygen atoms in total. The maximum atomic E-state index is 11.2. The van der Waals surface area contributed by atoms with Crippen molar-refractivity contribution in [1.29, 1.82) is 0 Å². The Hall–Kier alpha value is -3.79. The van der Waals surface area contributed by atoms with Crippen molar-refractivity contribution < 1.29 is 19.0 Å². The van der Waals surface area contributed by atoms with Gasteiger partial charge in [0, 0.05) is 41.8 Å². The molecule has 2 aromatic heterocycles. The van der Waals surface area contributed by atoms with Gasteiger partial charge in [-0.15, -0.1) is 0 Å². The molecule has 40 heavy (non-hydrogen) atoms. The molecule has 3 heterocycles. The van der Waals surface area contributed by atoms with Gasteiger partial charge in [-0.05, 0) is 43.5 Å². The first-order valence-electron chi connectivity index (χ1n) is 12.8. The van der Waals surface area contributed by atoms with E-state index in [1.54, 1.807) is 12.3 Å². The van der Waals surface area contributed by atoms with E-state index in [1.165, 1.54) is 14.2 Å². The quantitative estimate of drug-likeness (QED) is 0.175. The number of hydrogen-bond donors (Lipinski definition) is 3. The average molecular weight is 582 g/mol. The third-order valence-electron chi connectivity index (χ3n) is 6.81. The first-order chi connectivity index (χ1) is 19.4. The Morgan fingerprint density at radius 1 is 1.12 bits per heavy atom. The van der Waals surface area contributed by atoms with E-state index in [0.29, 0.717) is 63.1 Å². The van der Waals surface area contributed by atoms with Gasteiger partial charge in [-0.3, -0.25) is 4.79 Å². The Labute approximate surface area is 242 Å². The number of anilines is 4. The van der Waals surface area contributed by atoms with Crippen LogP contribution in [0.4, 0.5) is 23.0 Å². The molecular weight excluding hydrogens is 553 g/mol. The number of carbonyl (C=O) groups is 1. The van der Waals surface area contributed by atoms with Crippen LogP contribution in [0.15, 0.2) is 42.6 Å². The van der Waals surface area contributed by atoms with E-state index in [1.807, 2.05) is 37.3 Å². The summed E-state index contributed by atoms with van der Waals surface area (Å²) in [6, 6.07) is 11.1. The molecule has 1 aliphatic heterocycles. The first kappa shape index (κ1) is 27.8. The molecule has 1 unspecified atom stereocenters. The number of hydrogen-bond acceptors (Lipinski definition) is 8. The van der Waals surface area contributed by atoms with Crippen molar-refractivity contribution in [1.82, 2.24) is 9.97 Å². The highest BCUT2D eigenvalue weighted by Crippen LogP contribution is 2.46. The van der Waals surface area contributed by atoms with E-state index >= 15 is 0 Å². The molecule has 208 valence electrons. The predicted octanol–water partition coefficient (Wildman–Crippen LogP) is 6.83. The molecule has 0 saturated carbocycles. The van der Waals surface area contributed by atoms with Crippen LogP contribution in [-0.2, 0) is 9.53 Å². The normalized spacial score (nSPS) is 14.7. The Morgan fingerprint density at radius 3 is 2.58 bits per heavy atom. The Morgan fingerprint density at radius 2 is 1.90 bits per heavy atom. The third-order valence-corrected chi connectivity index (χ3v) is 7.56. The minimum Gasteiger partial charge on any atom is -0.495 e. The number of rotatable bonds is 10. The summed E-state index contributed by atoms with van der Waals surface area (Å²) in [6.45, 7) is 3.29. The summed E-state index contributed by atoms with van der Waals surface area (Å²) >= 11 is 13.5. The van der Waals surface area contributed by atoms with Gasteiger partial charge < -0.3 is 30.2 Å². The number of nitrogens with one attached hydrogen (secondary N) is 3. The molecule has 1 atom stereocenters. The summed E-state index contributed by atoms with van der Waals surface area (Å²) in [7, 11) is 3.06. The summed E-state index contributed by atoms with van der Waals surface area (Å²) in [5.74, 6) is 2.05. The van der Waals surface area contributed by atoms with Gasteiger partial charge >= 0.3 is 0 Å². The molecule has 11 heteroatoms. The second-order valence-corrected chi connectivity index (χ2v) is 10.1. The molecule has 0 bridgehead atoms. The Bertz CT molecular complexity index is 1530. The lowest BCUT2D eigenvalue weighted by Crippen LogP contribution is -2.19. The summed E-state index contributed by atoms with van der Waals surface area (Å²) in [6.07, 6.45) is 4.50. The van der Waals surface area contributed by atoms with Crippen LogP contribution < -0.4 is 25.4 Å². The van der Waals surface area contributed by atoms with Gasteiger partial charge in [0.05, 0.1) is 47.4 Å². The minimum atomic E-state index is 0.0907. The van der Waals surface area contributed by atoms with Gasteiger partial charge in [0.15, 0.2) is 0 Å². The number of halogens is 2. The number of benzene rings is 2. The van der Waals surface area contributed by atoms with Crippen molar-refractivity contribution in [2.24, 2.45) is 0 Å². The highest BCUT2D eigenvalue weighted by atomic mass is 35.5. The zero-order valence-corrected chi connectivity index (χ0v) is 23.8. The second-order valence-electron chi connectivity index (χ2n) is 9.33. The number of fused-ring (bicyclic) bond motifs is 1. The standard InChI is InChI=1S/C29H29Cl2N5O4/c1-16-6-4-8-20(34-15-37)28(16)36-24-11-19-17(13-32-24)10-21(35-29(19)33-14-18-7-5-9-40-18)25-26(30)22(38-2)12-23(39-3)27(25)31/h4,6,8,10-13,15,18H,5,7,9,14H2,1-3H3,(H,32,36)(H,33,35)(H,34,37). The maximum absolute atomic E-state index is 11.2. The Kier molecular flexibility index (Phi) is 8.44. The molecule has 2 aromatic carbocycles. The summed E-state index contributed by atoms with van der Waals surface area (Å²) in [5.41, 5.74) is 3.39. The fraction of sp³-hybridized carbons (Fsp3) is 0.276. The summed E-state index contributed by atoms with van der Waals surface area (Å²) in [4.78, 5) is 20.8. The van der Waals surface area contributed by atoms with E-state index in [0.717, 1.165) is 41.5 Å². The summed E-state index contributed by atoms with van der Waals surface area (Å²) < 4.78 is 16.8. The first-order valence-corrected chi connectivity index (χ1v) is 13.5. The van der Waals surface area contributed by atoms with Crippen molar-refractivity contribution in [2.45, 2.75) is 25.9 Å². The highest BCUT2D eigenvalue weighted by molar-refractivity contribution is 6.41. The van der Waals surface area contributed by atoms with Gasteiger partial charge in [0.1, 0.15) is 23.1 Å². The van der Waals surface area contributed by atoms with Crippen molar-refractivity contribution in [3.05, 3.63) is 58.2 Å². The smallest absolute Gasteiger partial charge is 0.211 e. The lowest BCUT2D eigenvalue weighted by atomic mass is 10.1. The van der Waals surface area contributed by atoms with Crippen LogP contribution in [0.3, 0.4) is 0 Å². The monoisotopic (exact) mass is 581 g/mol. The van der Waals surface area contributed by atoms with E-state index in [9.17, 15) is 4.79 Å². The molecule has 1 aliphatic rings. The van der Waals surface area contributed by atoms with Crippen molar-refractivity contribution in [3.63, 3.8) is 0 Å². The van der Waals surface area contributed by atoms with E-state index < -0.39 is 0 Å². The fourth-order valence-corrected chi connectivity index (χ4v) is 5.44. The van der Waals surface area contributed by atoms with E-state index in [2.05, 4.69) is 20.9 Å². The number of ether oxygens (including phenoxy) is 3. The number of pyridine rings is 2. The van der Waals surface area contributed by atoms with Gasteiger partial charge in [-0.1, -0.05) is 35.3 Å². The molecule has 0 radical (unpaired) electrons. The number of aromatic nitrogens is 2. The molecule has 3 N–H and O–H groups in total. The van der Waals surface area contributed by atoms with Crippen LogP contribution in [0.1, 0.15) is 18.4 Å². The van der Waals surface area contributed by atoms with Gasteiger partial charge in [-0.2, -0.15) is 0 Å². The van der Waals surface area contributed by atoms with Gasteiger partial charge in [0.2, 0.25) is 6.41 Å². The molecule has 1 saturated heterocycles. The molecule has 5 rings (SSSR count). The third kappa shape index (κ3) is 5.58. The largest absolute Gasteiger partial charge is 0.495 e. The van der Waals surface area contributed by atoms with Crippen LogP contribution in [0.25, 0.3) is 22.0 Å². The van der Waals surface area contributed by atoms with Crippen LogP contribution in [0, 0.1) is 6.92 Å². The predicted molar refractivity (Wildman–Crippen MR) is 160 cm³/mol. The number of methoxy groups -OCH3 is 2. The highest BCUT2D eigenvalue weighted by Gasteiger charge is 2.22. The van der Waals surface area contributed by atoms with Crippen molar-refractivity contribution in [2.75, 3.05) is 43.3 Å². The fourth-order valence-electron chi connectivity index (χ4n) is 4.75. The van der Waals surface area contributed by atoms with Gasteiger partial charge in [-0.25, -0.2) is 9.97 Å². The average Bonchev–Trinajstić information content (AvgIpc) is 3.48. The van der Waals surface area contributed by atoms with Crippen molar-refractivity contribution in [3.8, 4) is 22.8 Å². The zero-order chi connectivity index (χ0) is 28.2. The molecule has 0 aliphatic carbocycles. The van der Waals surface area contributed by atoms with E-state index in [4.69, 9.17) is 42.4 Å². The molecule has 1 fully saturated rings. The van der Waals surface area contributed by atoms with Crippen LogP contribution in [0.2, 0.25) is 10.0 Å². The molecule has 1 amide bonds. The summed E-state index contributed by atoms with van der Waals surface area (Å²) in [5, 5.41) is 11.9. The lowest BCUT2D eigenvalue weighted by Gasteiger charge is -2.18. The van der Waals surface area contributed by atoms with Gasteiger partial charge in [0.25, 0.3) is 0 Å². The minimum absolute atomic E-state index is 0.0907. The SMILES string of the molecule is COc1cc(OC)c(Cl)c(-c2cc3cnc(Nc4c(C)cccc4NC=O)cc3c(NCC3CCCO3)n2)c1Cl. The molecular formula is C29H29Cl2N5O4. The van der Waals surface area contributed by atoms with Crippen LogP contribution in [0.5, 0.6) is 11.5 Å². The number of amides is 1. The number of aryl methyl sites for hydroxylation is 1. The van der Waals surface area contributed by atoms with Crippen LogP contribution >= 0.6 is 23.2 Å². The molecule has 0 spiro atoms. The van der Waals surface area contributed by atoms with Crippen molar-refractivity contribution >= 4 is 63.4 Å². The Balaban J connectivity index is 1.62. The van der Waals surface area contributed by atoms with Crippen LogP contribution in [-0.4, -0.2) is 49.9 Å². The maximum Gasteiger partial charge on any atom is 0.211 e. The second kappa shape index (κ2) is 12.2. The number of para-hydroxylation sites is 1. The zero-order valence-electron chi connectivity index (χ0n) is 22.3. The van der Waals surface area contributed by atoms with E-state index in [-0.39, 0.29) is 6.10 Å². The lowest BCUT2D eigenvalue weighted by molar-refractivity contribution is -0.105. The number of nitrogens with zero attached hydrogens (tertiary/aromatic N) is 2.